The third kappa shape index (κ3) is 8.86. The highest BCUT2D eigenvalue weighted by Gasteiger charge is 2.24. The van der Waals surface area contributed by atoms with E-state index in [1.165, 1.54) is 17.3 Å². The van der Waals surface area contributed by atoms with Crippen LogP contribution < -0.4 is 14.5 Å². The molecule has 1 amide bonds. The third-order valence-electron chi connectivity index (χ3n) is 8.45. The van der Waals surface area contributed by atoms with Crippen LogP contribution in [0.1, 0.15) is 28.4 Å². The largest absolute Gasteiger partial charge is 0.492 e. The third-order valence-corrected chi connectivity index (χ3v) is 9.56. The summed E-state index contributed by atoms with van der Waals surface area (Å²) in [6.07, 6.45) is 4.41. The fourth-order valence-electron chi connectivity index (χ4n) is 5.94. The van der Waals surface area contributed by atoms with E-state index < -0.39 is 0 Å². The zero-order valence-corrected chi connectivity index (χ0v) is 28.4. The lowest BCUT2D eigenvalue weighted by Gasteiger charge is -2.36. The number of amides is 1. The maximum atomic E-state index is 13.5. The van der Waals surface area contributed by atoms with Crippen LogP contribution in [-0.4, -0.2) is 91.2 Å². The van der Waals surface area contributed by atoms with Crippen molar-refractivity contribution in [2.24, 2.45) is 0 Å². The van der Waals surface area contributed by atoms with Gasteiger partial charge in [0.25, 0.3) is 5.91 Å². The normalized spacial score (nSPS) is 15.7. The van der Waals surface area contributed by atoms with Crippen molar-refractivity contribution in [1.29, 1.82) is 0 Å². The zero-order chi connectivity index (χ0) is 32.4. The molecule has 2 aliphatic heterocycles. The van der Waals surface area contributed by atoms with Crippen molar-refractivity contribution in [3.8, 4) is 5.75 Å². The van der Waals surface area contributed by atoms with E-state index in [0.29, 0.717) is 41.3 Å². The van der Waals surface area contributed by atoms with E-state index in [0.717, 1.165) is 68.6 Å². The molecule has 0 aliphatic carbocycles. The summed E-state index contributed by atoms with van der Waals surface area (Å²) >= 11 is 8.00. The second-order valence-electron chi connectivity index (χ2n) is 11.6. The molecule has 47 heavy (non-hydrogen) atoms. The van der Waals surface area contributed by atoms with Crippen molar-refractivity contribution < 1.29 is 9.53 Å². The minimum absolute atomic E-state index is 0.0607. The molecule has 6 rings (SSSR count). The number of ether oxygens (including phenoxy) is 1. The number of nitrogens with zero attached hydrogens (tertiary/aromatic N) is 6. The van der Waals surface area contributed by atoms with E-state index in [9.17, 15) is 4.79 Å². The Morgan fingerprint density at radius 2 is 1.60 bits per heavy atom. The molecule has 0 bridgehead atoms. The summed E-state index contributed by atoms with van der Waals surface area (Å²) in [5.41, 5.74) is 4.06. The van der Waals surface area contributed by atoms with Crippen LogP contribution in [0.15, 0.2) is 96.2 Å². The number of thioether (sulfide) groups is 1. The average Bonchev–Trinajstić information content (AvgIpc) is 3.12. The first kappa shape index (κ1) is 32.9. The van der Waals surface area contributed by atoms with Crippen LogP contribution in [-0.2, 0) is 5.75 Å². The number of hydrogen-bond donors (Lipinski definition) is 0. The second kappa shape index (κ2) is 16.2. The van der Waals surface area contributed by atoms with Gasteiger partial charge in [0.2, 0.25) is 0 Å². The molecule has 2 fully saturated rings. The highest BCUT2D eigenvalue weighted by Crippen LogP contribution is 2.30. The monoisotopic (exact) mass is 668 g/mol. The highest BCUT2D eigenvalue weighted by molar-refractivity contribution is 7.98. The molecule has 2 saturated heterocycles. The minimum Gasteiger partial charge on any atom is -0.492 e. The number of carbonyl (C=O) groups excluding carboxylic acids is 1. The molecule has 8 nitrogen and oxygen atoms in total. The number of para-hydroxylation sites is 2. The fraction of sp³-hybridized carbons (Fsp3) is 0.324. The smallest absolute Gasteiger partial charge is 0.253 e. The molecule has 3 heterocycles. The lowest BCUT2D eigenvalue weighted by atomic mass is 10.1. The molecule has 1 aromatic heterocycles. The Hall–Kier alpha value is -4.05. The minimum atomic E-state index is 0.0607. The van der Waals surface area contributed by atoms with E-state index in [2.05, 4.69) is 62.2 Å². The van der Waals surface area contributed by atoms with Gasteiger partial charge in [-0.15, -0.1) is 0 Å². The molecule has 4 aromatic rings. The molecule has 0 spiro atoms. The lowest BCUT2D eigenvalue weighted by Crippen LogP contribution is -2.48. The van der Waals surface area contributed by atoms with Gasteiger partial charge >= 0.3 is 0 Å². The number of anilines is 2. The molecule has 0 N–H and O–H groups in total. The van der Waals surface area contributed by atoms with Crippen LogP contribution in [0.3, 0.4) is 0 Å². The number of carbonyl (C=O) groups is 1. The maximum absolute atomic E-state index is 13.5. The number of rotatable bonds is 11. The summed E-state index contributed by atoms with van der Waals surface area (Å²) in [7, 11) is 0. The van der Waals surface area contributed by atoms with Crippen molar-refractivity contribution in [2.45, 2.75) is 17.8 Å². The maximum Gasteiger partial charge on any atom is 0.253 e. The van der Waals surface area contributed by atoms with Gasteiger partial charge in [0.15, 0.2) is 5.16 Å². The van der Waals surface area contributed by atoms with Gasteiger partial charge in [-0.05, 0) is 42.3 Å². The Labute approximate surface area is 287 Å². The predicted molar refractivity (Wildman–Crippen MR) is 193 cm³/mol. The summed E-state index contributed by atoms with van der Waals surface area (Å²) < 4.78 is 5.83. The Kier molecular flexibility index (Phi) is 11.3. The highest BCUT2D eigenvalue weighted by atomic mass is 35.5. The van der Waals surface area contributed by atoms with Crippen LogP contribution >= 0.6 is 23.4 Å². The van der Waals surface area contributed by atoms with Gasteiger partial charge in [-0.1, -0.05) is 90.1 Å². The Balaban J connectivity index is 1.00. The fourth-order valence-corrected chi connectivity index (χ4v) is 6.97. The molecule has 3 aromatic carbocycles. The first-order valence-corrected chi connectivity index (χ1v) is 17.6. The number of hydrogen-bond acceptors (Lipinski definition) is 8. The second-order valence-corrected chi connectivity index (χ2v) is 12.9. The summed E-state index contributed by atoms with van der Waals surface area (Å²) in [6, 6.07) is 28.2. The SMILES string of the molecule is CCOc1ccccc1N1CCN(C(=O)c2cccc(CSc3nc(Cl)cc(N4CCN(CC=Cc5ccccc5)CC4)n3)c2)CC1. The number of piperazine rings is 2. The Morgan fingerprint density at radius 3 is 2.38 bits per heavy atom. The van der Waals surface area contributed by atoms with Crippen molar-refractivity contribution >= 4 is 46.9 Å². The Morgan fingerprint density at radius 1 is 0.851 bits per heavy atom. The molecule has 244 valence electrons. The van der Waals surface area contributed by atoms with Gasteiger partial charge in [-0.25, -0.2) is 9.97 Å². The van der Waals surface area contributed by atoms with E-state index in [1.807, 2.05) is 66.4 Å². The average molecular weight is 669 g/mol. The van der Waals surface area contributed by atoms with E-state index in [4.69, 9.17) is 21.3 Å². The number of benzene rings is 3. The number of aromatic nitrogens is 2. The lowest BCUT2D eigenvalue weighted by molar-refractivity contribution is 0.0746. The van der Waals surface area contributed by atoms with Crippen LogP contribution in [0.25, 0.3) is 6.08 Å². The Bertz CT molecular complexity index is 1660. The van der Waals surface area contributed by atoms with Gasteiger partial charge in [0, 0.05) is 76.3 Å². The van der Waals surface area contributed by atoms with E-state index in [-0.39, 0.29) is 5.91 Å². The first-order chi connectivity index (χ1) is 23.1. The van der Waals surface area contributed by atoms with Crippen LogP contribution in [0.2, 0.25) is 5.15 Å². The van der Waals surface area contributed by atoms with Crippen LogP contribution in [0.5, 0.6) is 5.75 Å². The summed E-state index contributed by atoms with van der Waals surface area (Å²) in [4.78, 5) is 31.8. The summed E-state index contributed by atoms with van der Waals surface area (Å²) in [5.74, 6) is 2.45. The van der Waals surface area contributed by atoms with E-state index >= 15 is 0 Å². The van der Waals surface area contributed by atoms with Gasteiger partial charge in [-0.2, -0.15) is 0 Å². The number of halogens is 1. The topological polar surface area (TPSA) is 65.0 Å². The molecule has 0 saturated carbocycles. The van der Waals surface area contributed by atoms with Crippen molar-refractivity contribution in [3.63, 3.8) is 0 Å². The molecule has 10 heteroatoms. The molecular formula is C37H41ClN6O2S. The molecular weight excluding hydrogens is 628 g/mol. The van der Waals surface area contributed by atoms with Crippen molar-refractivity contribution in [2.75, 3.05) is 75.3 Å². The van der Waals surface area contributed by atoms with Crippen molar-refractivity contribution in [1.82, 2.24) is 19.8 Å². The van der Waals surface area contributed by atoms with Gasteiger partial charge < -0.3 is 19.4 Å². The van der Waals surface area contributed by atoms with Gasteiger partial charge in [0.05, 0.1) is 12.3 Å². The van der Waals surface area contributed by atoms with Gasteiger partial charge in [0.1, 0.15) is 16.7 Å². The predicted octanol–water partition coefficient (Wildman–Crippen LogP) is 6.62. The van der Waals surface area contributed by atoms with Gasteiger partial charge in [-0.3, -0.25) is 9.69 Å². The molecule has 0 radical (unpaired) electrons. The molecule has 0 atom stereocenters. The van der Waals surface area contributed by atoms with Crippen LogP contribution in [0, 0.1) is 0 Å². The first-order valence-electron chi connectivity index (χ1n) is 16.3. The summed E-state index contributed by atoms with van der Waals surface area (Å²) in [6.45, 7) is 10.1. The molecule has 2 aliphatic rings. The standard InChI is InChI=1S/C37H41ClN6O2S/c1-2-46-33-16-7-6-15-32(33)42-22-24-44(25-23-42)36(45)31-14-8-12-30(26-31)28-47-37-39-34(38)27-35(40-37)43-20-18-41(19-21-43)17-9-13-29-10-4-3-5-11-29/h3-16,26-27H,2,17-25,28H2,1H3. The van der Waals surface area contributed by atoms with E-state index in [1.54, 1.807) is 0 Å². The zero-order valence-electron chi connectivity index (χ0n) is 26.8. The molecule has 0 unspecified atom stereocenters. The van der Waals surface area contributed by atoms with Crippen molar-refractivity contribution in [3.05, 3.63) is 113 Å². The summed E-state index contributed by atoms with van der Waals surface area (Å²) in [5, 5.41) is 1.08. The van der Waals surface area contributed by atoms with Crippen LogP contribution in [0.4, 0.5) is 11.5 Å². The quantitative estimate of drug-likeness (QED) is 0.100.